The van der Waals surface area contributed by atoms with E-state index in [4.69, 9.17) is 4.74 Å². The van der Waals surface area contributed by atoms with E-state index in [9.17, 15) is 0 Å². The summed E-state index contributed by atoms with van der Waals surface area (Å²) >= 11 is 0. The zero-order chi connectivity index (χ0) is 6.41. The van der Waals surface area contributed by atoms with E-state index in [1.807, 2.05) is 6.92 Å². The Morgan fingerprint density at radius 2 is 2.25 bits per heavy atom. The van der Waals surface area contributed by atoms with Gasteiger partial charge in [0.2, 0.25) is 0 Å². The summed E-state index contributed by atoms with van der Waals surface area (Å²) in [5.74, 6) is 0. The normalized spacial score (nSPS) is 10.5. The smallest absolute Gasteiger partial charge is 0.107 e. The third-order valence-electron chi connectivity index (χ3n) is 0.972. The highest BCUT2D eigenvalue weighted by atomic mass is 16.5. The van der Waals surface area contributed by atoms with E-state index in [1.165, 1.54) is 0 Å². The topological polar surface area (TPSA) is 21.3 Å². The molecule has 0 rings (SSSR count). The third-order valence-corrected chi connectivity index (χ3v) is 0.972. The maximum Gasteiger partial charge on any atom is 0.107 e. The average Bonchev–Trinajstić information content (AvgIpc) is 1.83. The SMILES string of the molecule is CCNC[C](C)OC. The van der Waals surface area contributed by atoms with Crippen LogP contribution in [0, 0.1) is 6.10 Å². The van der Waals surface area contributed by atoms with E-state index in [0.29, 0.717) is 0 Å². The maximum absolute atomic E-state index is 4.91. The van der Waals surface area contributed by atoms with Crippen molar-refractivity contribution in [2.45, 2.75) is 13.8 Å². The van der Waals surface area contributed by atoms with Crippen LogP contribution in [-0.2, 0) is 4.74 Å². The third kappa shape index (κ3) is 4.09. The molecule has 0 aliphatic carbocycles. The lowest BCUT2D eigenvalue weighted by Crippen LogP contribution is -2.19. The van der Waals surface area contributed by atoms with Crippen molar-refractivity contribution in [3.63, 3.8) is 0 Å². The summed E-state index contributed by atoms with van der Waals surface area (Å²) in [7, 11) is 1.69. The van der Waals surface area contributed by atoms with Gasteiger partial charge in [-0.25, -0.2) is 0 Å². The van der Waals surface area contributed by atoms with Crippen LogP contribution in [0.3, 0.4) is 0 Å². The Hall–Kier alpha value is -0.0800. The van der Waals surface area contributed by atoms with Crippen molar-refractivity contribution in [3.8, 4) is 0 Å². The largest absolute Gasteiger partial charge is 0.374 e. The fourth-order valence-electron chi connectivity index (χ4n) is 0.373. The van der Waals surface area contributed by atoms with E-state index in [1.54, 1.807) is 7.11 Å². The molecule has 0 aliphatic rings. The number of rotatable bonds is 4. The predicted octanol–water partition coefficient (Wildman–Crippen LogP) is 0.794. The minimum Gasteiger partial charge on any atom is -0.374 e. The fourth-order valence-corrected chi connectivity index (χ4v) is 0.373. The number of ether oxygens (including phenoxy) is 1. The number of hydrogen-bond donors (Lipinski definition) is 1. The van der Waals surface area contributed by atoms with Crippen molar-refractivity contribution in [1.82, 2.24) is 5.32 Å². The monoisotopic (exact) mass is 116 g/mol. The standard InChI is InChI=1S/C6H14NO/c1-4-7-5-6(2)8-3/h7H,4-5H2,1-3H3. The van der Waals surface area contributed by atoms with E-state index in [2.05, 4.69) is 12.2 Å². The molecule has 8 heavy (non-hydrogen) atoms. The number of nitrogens with one attached hydrogen (secondary N) is 1. The molecular weight excluding hydrogens is 102 g/mol. The van der Waals surface area contributed by atoms with Crippen molar-refractivity contribution in [2.24, 2.45) is 0 Å². The van der Waals surface area contributed by atoms with E-state index < -0.39 is 0 Å². The van der Waals surface area contributed by atoms with Crippen LogP contribution in [0.25, 0.3) is 0 Å². The molecule has 0 amide bonds. The first kappa shape index (κ1) is 7.92. The van der Waals surface area contributed by atoms with Crippen LogP contribution in [-0.4, -0.2) is 20.2 Å². The summed E-state index contributed by atoms with van der Waals surface area (Å²) < 4.78 is 4.91. The van der Waals surface area contributed by atoms with Gasteiger partial charge < -0.3 is 10.1 Å². The van der Waals surface area contributed by atoms with Gasteiger partial charge in [-0.3, -0.25) is 0 Å². The molecule has 0 atom stereocenters. The van der Waals surface area contributed by atoms with Gasteiger partial charge in [-0.05, 0) is 13.5 Å². The van der Waals surface area contributed by atoms with Crippen molar-refractivity contribution in [3.05, 3.63) is 6.10 Å². The second-order valence-corrected chi connectivity index (χ2v) is 1.69. The zero-order valence-electron chi connectivity index (χ0n) is 5.82. The van der Waals surface area contributed by atoms with Crippen LogP contribution in [0.5, 0.6) is 0 Å². The lowest BCUT2D eigenvalue weighted by Gasteiger charge is -2.06. The van der Waals surface area contributed by atoms with Gasteiger partial charge in [-0.1, -0.05) is 6.92 Å². The summed E-state index contributed by atoms with van der Waals surface area (Å²) in [5, 5.41) is 3.14. The zero-order valence-corrected chi connectivity index (χ0v) is 5.82. The minimum atomic E-state index is 0.868. The molecule has 0 aliphatic heterocycles. The molecule has 0 aromatic rings. The van der Waals surface area contributed by atoms with Gasteiger partial charge in [-0.2, -0.15) is 0 Å². The number of likely N-dealkylation sites (N-methyl/N-ethyl adjacent to an activating group) is 1. The number of hydrogen-bond acceptors (Lipinski definition) is 2. The highest BCUT2D eigenvalue weighted by molar-refractivity contribution is 4.72. The molecule has 0 spiro atoms. The van der Waals surface area contributed by atoms with Crippen LogP contribution in [0.15, 0.2) is 0 Å². The molecule has 49 valence electrons. The Labute approximate surface area is 51.2 Å². The van der Waals surface area contributed by atoms with E-state index >= 15 is 0 Å². The van der Waals surface area contributed by atoms with Crippen molar-refractivity contribution in [2.75, 3.05) is 20.2 Å². The molecule has 0 saturated carbocycles. The molecule has 0 fully saturated rings. The molecule has 0 aromatic carbocycles. The Morgan fingerprint density at radius 1 is 1.62 bits per heavy atom. The van der Waals surface area contributed by atoms with Crippen LogP contribution < -0.4 is 5.32 Å². The van der Waals surface area contributed by atoms with Crippen LogP contribution >= 0.6 is 0 Å². The molecular formula is C6H14NO. The van der Waals surface area contributed by atoms with Gasteiger partial charge in [-0.15, -0.1) is 0 Å². The van der Waals surface area contributed by atoms with E-state index in [0.717, 1.165) is 19.2 Å². The fraction of sp³-hybridized carbons (Fsp3) is 0.833. The first-order valence-electron chi connectivity index (χ1n) is 2.88. The van der Waals surface area contributed by atoms with Crippen molar-refractivity contribution in [1.29, 1.82) is 0 Å². The Morgan fingerprint density at radius 3 is 2.62 bits per heavy atom. The second kappa shape index (κ2) is 5.06. The highest BCUT2D eigenvalue weighted by Crippen LogP contribution is 1.92. The molecule has 1 N–H and O–H groups in total. The lowest BCUT2D eigenvalue weighted by atomic mass is 10.4. The lowest BCUT2D eigenvalue weighted by molar-refractivity contribution is 0.209. The van der Waals surface area contributed by atoms with Gasteiger partial charge in [0.15, 0.2) is 0 Å². The summed E-state index contributed by atoms with van der Waals surface area (Å²) in [6.45, 7) is 5.90. The molecule has 0 saturated heterocycles. The highest BCUT2D eigenvalue weighted by Gasteiger charge is 1.95. The minimum absolute atomic E-state index is 0.868. The van der Waals surface area contributed by atoms with Crippen molar-refractivity contribution < 1.29 is 4.74 Å². The Bertz CT molecular complexity index is 47.8. The molecule has 0 aromatic heterocycles. The summed E-state index contributed by atoms with van der Waals surface area (Å²) in [5.41, 5.74) is 0. The average molecular weight is 116 g/mol. The summed E-state index contributed by atoms with van der Waals surface area (Å²) in [4.78, 5) is 0. The molecule has 2 nitrogen and oxygen atoms in total. The Kier molecular flexibility index (Phi) is 5.01. The first-order chi connectivity index (χ1) is 3.81. The second-order valence-electron chi connectivity index (χ2n) is 1.69. The van der Waals surface area contributed by atoms with Crippen molar-refractivity contribution >= 4 is 0 Å². The Balaban J connectivity index is 2.86. The van der Waals surface area contributed by atoms with E-state index in [-0.39, 0.29) is 0 Å². The van der Waals surface area contributed by atoms with Gasteiger partial charge in [0.1, 0.15) is 6.10 Å². The van der Waals surface area contributed by atoms with Gasteiger partial charge in [0, 0.05) is 13.7 Å². The summed E-state index contributed by atoms with van der Waals surface area (Å²) in [6, 6.07) is 0. The molecule has 0 bridgehead atoms. The van der Waals surface area contributed by atoms with Crippen LogP contribution in [0.1, 0.15) is 13.8 Å². The molecule has 0 heterocycles. The summed E-state index contributed by atoms with van der Waals surface area (Å²) in [6.07, 6.45) is 1.03. The number of methoxy groups -OCH3 is 1. The van der Waals surface area contributed by atoms with Crippen LogP contribution in [0.4, 0.5) is 0 Å². The molecule has 1 radical (unpaired) electrons. The maximum atomic E-state index is 4.91. The predicted molar refractivity (Wildman–Crippen MR) is 34.5 cm³/mol. The quantitative estimate of drug-likeness (QED) is 0.586. The molecule has 0 unspecified atom stereocenters. The van der Waals surface area contributed by atoms with Gasteiger partial charge in [0.25, 0.3) is 0 Å². The molecule has 2 heteroatoms. The van der Waals surface area contributed by atoms with Gasteiger partial charge in [0.05, 0.1) is 0 Å². The first-order valence-corrected chi connectivity index (χ1v) is 2.88. The van der Waals surface area contributed by atoms with Crippen LogP contribution in [0.2, 0.25) is 0 Å². The van der Waals surface area contributed by atoms with Gasteiger partial charge >= 0.3 is 0 Å².